The van der Waals surface area contributed by atoms with Gasteiger partial charge >= 0.3 is 0 Å². The minimum Gasteiger partial charge on any atom is -0.455 e. The summed E-state index contributed by atoms with van der Waals surface area (Å²) < 4.78 is 35.6. The summed E-state index contributed by atoms with van der Waals surface area (Å²) in [7, 11) is 0. The van der Waals surface area contributed by atoms with Crippen LogP contribution in [0.1, 0.15) is 22.3 Å². The summed E-state index contributed by atoms with van der Waals surface area (Å²) in [5.41, 5.74) is 19.9. The molecule has 0 spiro atoms. The Hall–Kier alpha value is -6.58. The second kappa shape index (κ2) is 11.5. The molecule has 0 atom stereocenters. The first-order chi connectivity index (χ1) is 26.1. The molecule has 3 heteroatoms. The maximum absolute atomic E-state index is 14.2. The number of para-hydroxylation sites is 2. The van der Waals surface area contributed by atoms with E-state index in [2.05, 4.69) is 109 Å². The van der Waals surface area contributed by atoms with Crippen molar-refractivity contribution in [1.82, 2.24) is 0 Å². The van der Waals surface area contributed by atoms with Gasteiger partial charge in [0.15, 0.2) is 0 Å². The highest BCUT2D eigenvalue weighted by Gasteiger charge is 2.29. The van der Waals surface area contributed by atoms with Gasteiger partial charge in [-0.25, -0.2) is 8.78 Å². The van der Waals surface area contributed by atoms with Gasteiger partial charge in [0.1, 0.15) is 22.8 Å². The lowest BCUT2D eigenvalue weighted by Gasteiger charge is -2.17. The minimum atomic E-state index is -0.258. The van der Waals surface area contributed by atoms with Crippen molar-refractivity contribution in [3.8, 4) is 66.8 Å². The molecule has 9 aromatic rings. The molecule has 0 fully saturated rings. The zero-order chi connectivity index (χ0) is 35.2. The van der Waals surface area contributed by atoms with E-state index in [0.717, 1.165) is 79.3 Å². The predicted octanol–water partition coefficient (Wildman–Crippen LogP) is 13.7. The van der Waals surface area contributed by atoms with Gasteiger partial charge in [0.05, 0.1) is 0 Å². The maximum atomic E-state index is 14.2. The van der Waals surface area contributed by atoms with E-state index in [1.165, 1.54) is 68.8 Å². The Morgan fingerprint density at radius 1 is 0.340 bits per heavy atom. The molecule has 1 nitrogen and oxygen atoms in total. The lowest BCUT2D eigenvalue weighted by Crippen LogP contribution is -1.94. The number of fused-ring (bicyclic) bond motifs is 9. The van der Waals surface area contributed by atoms with Gasteiger partial charge < -0.3 is 4.42 Å². The van der Waals surface area contributed by atoms with Crippen LogP contribution in [-0.4, -0.2) is 0 Å². The normalized spacial score (nSPS) is 12.6. The van der Waals surface area contributed by atoms with Crippen molar-refractivity contribution in [2.75, 3.05) is 0 Å². The fourth-order valence-corrected chi connectivity index (χ4v) is 8.99. The molecule has 250 valence electrons. The van der Waals surface area contributed by atoms with Gasteiger partial charge in [-0.1, -0.05) is 133 Å². The quantitative estimate of drug-likeness (QED) is 0.180. The summed E-state index contributed by atoms with van der Waals surface area (Å²) in [6.07, 6.45) is 1.60. The molecule has 0 aliphatic heterocycles. The highest BCUT2D eigenvalue weighted by Crippen LogP contribution is 2.51. The molecular weight excluding hydrogens is 655 g/mol. The van der Waals surface area contributed by atoms with E-state index < -0.39 is 0 Å². The van der Waals surface area contributed by atoms with Gasteiger partial charge in [-0.15, -0.1) is 0 Å². The van der Waals surface area contributed by atoms with Crippen molar-refractivity contribution < 1.29 is 13.2 Å². The van der Waals surface area contributed by atoms with Crippen LogP contribution in [0.25, 0.3) is 88.7 Å². The number of hydrogen-bond donors (Lipinski definition) is 0. The molecule has 1 aromatic heterocycles. The van der Waals surface area contributed by atoms with Crippen LogP contribution in [0.2, 0.25) is 0 Å². The molecule has 8 aromatic carbocycles. The Bertz CT molecular complexity index is 2750. The van der Waals surface area contributed by atoms with Crippen LogP contribution in [0.4, 0.5) is 8.78 Å². The Labute approximate surface area is 305 Å². The fraction of sp³-hybridized carbons (Fsp3) is 0.0400. The zero-order valence-electron chi connectivity index (χ0n) is 28.6. The van der Waals surface area contributed by atoms with E-state index in [4.69, 9.17) is 4.42 Å². The van der Waals surface area contributed by atoms with E-state index in [0.29, 0.717) is 0 Å². The Kier molecular flexibility index (Phi) is 6.51. The second-order valence-corrected chi connectivity index (χ2v) is 14.2. The maximum Gasteiger partial charge on any atom is 0.143 e. The van der Waals surface area contributed by atoms with Crippen LogP contribution in [0, 0.1) is 11.6 Å². The van der Waals surface area contributed by atoms with E-state index in [-0.39, 0.29) is 11.6 Å². The molecule has 0 bridgehead atoms. The molecule has 0 radical (unpaired) electrons. The van der Waals surface area contributed by atoms with E-state index >= 15 is 0 Å². The lowest BCUT2D eigenvalue weighted by molar-refractivity contribution is 0.627. The second-order valence-electron chi connectivity index (χ2n) is 14.2. The lowest BCUT2D eigenvalue weighted by atomic mass is 9.86. The van der Waals surface area contributed by atoms with Crippen molar-refractivity contribution >= 4 is 21.9 Å². The van der Waals surface area contributed by atoms with Crippen molar-refractivity contribution in [1.29, 1.82) is 0 Å². The highest BCUT2D eigenvalue weighted by molar-refractivity contribution is 6.15. The monoisotopic (exact) mass is 684 g/mol. The third-order valence-corrected chi connectivity index (χ3v) is 11.3. The SMILES string of the molecule is Fc1ccc(-c2ccc3c(c2-c2cccc4c2oc2c(-c5c(-c6ccc(F)cc6)ccc6c5Cc5ccccc5-6)cccc24)Cc2ccccc2-3)cc1. The van der Waals surface area contributed by atoms with Crippen molar-refractivity contribution in [2.45, 2.75) is 12.8 Å². The van der Waals surface area contributed by atoms with Crippen LogP contribution in [0.15, 0.2) is 162 Å². The first-order valence-electron chi connectivity index (χ1n) is 18.1. The van der Waals surface area contributed by atoms with Crippen LogP contribution in [-0.2, 0) is 12.8 Å². The minimum absolute atomic E-state index is 0.258. The fourth-order valence-electron chi connectivity index (χ4n) is 8.99. The molecule has 2 aliphatic carbocycles. The summed E-state index contributed by atoms with van der Waals surface area (Å²) in [4.78, 5) is 0. The van der Waals surface area contributed by atoms with Crippen LogP contribution in [0.3, 0.4) is 0 Å². The zero-order valence-corrected chi connectivity index (χ0v) is 28.6. The number of benzene rings is 8. The molecule has 53 heavy (non-hydrogen) atoms. The Morgan fingerprint density at radius 3 is 1.19 bits per heavy atom. The van der Waals surface area contributed by atoms with E-state index in [1.807, 2.05) is 24.3 Å². The Morgan fingerprint density at radius 2 is 0.736 bits per heavy atom. The molecule has 0 unspecified atom stereocenters. The summed E-state index contributed by atoms with van der Waals surface area (Å²) in [5, 5.41) is 2.08. The molecule has 0 N–H and O–H groups in total. The summed E-state index contributed by atoms with van der Waals surface area (Å²) in [6, 6.07) is 52.5. The summed E-state index contributed by atoms with van der Waals surface area (Å²) in [6.45, 7) is 0. The van der Waals surface area contributed by atoms with Gasteiger partial charge in [0.2, 0.25) is 0 Å². The molecule has 0 amide bonds. The Balaban J connectivity index is 1.19. The highest BCUT2D eigenvalue weighted by atomic mass is 19.1. The summed E-state index contributed by atoms with van der Waals surface area (Å²) >= 11 is 0. The van der Waals surface area contributed by atoms with E-state index in [9.17, 15) is 8.78 Å². The van der Waals surface area contributed by atoms with Gasteiger partial charge in [-0.05, 0) is 115 Å². The topological polar surface area (TPSA) is 13.1 Å². The van der Waals surface area contributed by atoms with Gasteiger partial charge in [0, 0.05) is 21.9 Å². The first kappa shape index (κ1) is 30.1. The molecular formula is C50H30F2O. The number of hydrogen-bond acceptors (Lipinski definition) is 1. The number of furan rings is 1. The van der Waals surface area contributed by atoms with Gasteiger partial charge in [-0.3, -0.25) is 0 Å². The average Bonchev–Trinajstić information content (AvgIpc) is 3.89. The van der Waals surface area contributed by atoms with Gasteiger partial charge in [0.25, 0.3) is 0 Å². The van der Waals surface area contributed by atoms with Crippen LogP contribution in [0.5, 0.6) is 0 Å². The van der Waals surface area contributed by atoms with Crippen molar-refractivity contribution in [3.63, 3.8) is 0 Å². The van der Waals surface area contributed by atoms with Crippen molar-refractivity contribution in [2.24, 2.45) is 0 Å². The molecule has 1 heterocycles. The standard InChI is InChI=1S/C50H30F2O/c51-33-19-15-29(16-20-33)37-23-25-39-35-9-3-1-7-31(35)27-45(39)47(37)43-13-5-11-41-42-12-6-14-44(50(42)53-49(41)43)48-38(30-17-21-34(52)22-18-30)24-26-40-36-10-4-2-8-32(36)28-46(40)48/h1-26H,27-28H2. The third-order valence-electron chi connectivity index (χ3n) is 11.3. The first-order valence-corrected chi connectivity index (χ1v) is 18.1. The average molecular weight is 685 g/mol. The third kappa shape index (κ3) is 4.53. The molecule has 0 saturated heterocycles. The number of rotatable bonds is 4. The van der Waals surface area contributed by atoms with Crippen molar-refractivity contribution in [3.05, 3.63) is 192 Å². The summed E-state index contributed by atoms with van der Waals surface area (Å²) in [5.74, 6) is -0.516. The van der Waals surface area contributed by atoms with Crippen LogP contribution >= 0.6 is 0 Å². The number of halogens is 2. The smallest absolute Gasteiger partial charge is 0.143 e. The molecule has 0 saturated carbocycles. The predicted molar refractivity (Wildman–Crippen MR) is 212 cm³/mol. The largest absolute Gasteiger partial charge is 0.455 e. The van der Waals surface area contributed by atoms with Gasteiger partial charge in [-0.2, -0.15) is 0 Å². The molecule has 2 aliphatic rings. The molecule has 11 rings (SSSR count). The van der Waals surface area contributed by atoms with E-state index in [1.54, 1.807) is 0 Å². The van der Waals surface area contributed by atoms with Crippen LogP contribution < -0.4 is 0 Å².